The predicted octanol–water partition coefficient (Wildman–Crippen LogP) is 5.46. The van der Waals surface area contributed by atoms with E-state index < -0.39 is 23.5 Å². The molecule has 0 heterocycles. The zero-order valence-electron chi connectivity index (χ0n) is 14.7. The van der Waals surface area contributed by atoms with Crippen molar-refractivity contribution >= 4 is 18.1 Å². The first-order chi connectivity index (χ1) is 12.6. The number of alkyl halides is 3. The molecule has 1 atom stereocenters. The fraction of sp³-hybridized carbons (Fsp3) is 0.250. The van der Waals surface area contributed by atoms with Crippen LogP contribution in [0, 0.1) is 0 Å². The van der Waals surface area contributed by atoms with Crippen molar-refractivity contribution in [1.82, 2.24) is 0 Å². The first-order valence-electron chi connectivity index (χ1n) is 8.24. The topological polar surface area (TPSA) is 66.8 Å². The number of aromatic hydroxyl groups is 1. The van der Waals surface area contributed by atoms with Crippen molar-refractivity contribution in [2.24, 2.45) is 0 Å². The van der Waals surface area contributed by atoms with Crippen molar-refractivity contribution in [2.75, 3.05) is 0 Å². The largest absolute Gasteiger partial charge is 0.507 e. The quantitative estimate of drug-likeness (QED) is 0.654. The number of carboxylic acids is 1. The van der Waals surface area contributed by atoms with E-state index in [4.69, 9.17) is 4.74 Å². The Balaban J connectivity index is 2.37. The van der Waals surface area contributed by atoms with Crippen molar-refractivity contribution in [3.8, 4) is 11.5 Å². The number of rotatable bonds is 6. The van der Waals surface area contributed by atoms with Crippen LogP contribution in [0.5, 0.6) is 11.5 Å². The molecule has 2 N–H and O–H groups in total. The Morgan fingerprint density at radius 2 is 1.81 bits per heavy atom. The molecule has 0 saturated carbocycles. The second-order valence-electron chi connectivity index (χ2n) is 6.00. The summed E-state index contributed by atoms with van der Waals surface area (Å²) < 4.78 is 43.4. The Kier molecular flexibility index (Phi) is 6.15. The number of halogens is 3. The van der Waals surface area contributed by atoms with Gasteiger partial charge in [0.2, 0.25) is 0 Å². The molecular weight excluding hydrogens is 361 g/mol. The molecule has 0 amide bonds. The molecule has 2 aromatic rings. The summed E-state index contributed by atoms with van der Waals surface area (Å²) in [6.45, 7) is 3.75. The van der Waals surface area contributed by atoms with Crippen molar-refractivity contribution in [3.05, 3.63) is 58.7 Å². The maximum Gasteiger partial charge on any atom is 0.416 e. The zero-order chi connectivity index (χ0) is 20.2. The molecule has 1 unspecified atom stereocenters. The highest BCUT2D eigenvalue weighted by atomic mass is 19.4. The molecule has 7 heteroatoms. The molecule has 2 rings (SSSR count). The van der Waals surface area contributed by atoms with Crippen LogP contribution < -0.4 is 4.74 Å². The number of benzene rings is 2. The van der Waals surface area contributed by atoms with Crippen LogP contribution in [0.3, 0.4) is 0 Å². The van der Waals surface area contributed by atoms with Gasteiger partial charge in [-0.15, -0.1) is 0 Å². The van der Waals surface area contributed by atoms with E-state index in [-0.39, 0.29) is 17.2 Å². The minimum Gasteiger partial charge on any atom is -0.507 e. The van der Waals surface area contributed by atoms with Crippen LogP contribution in [-0.2, 0) is 6.18 Å². The van der Waals surface area contributed by atoms with Crippen molar-refractivity contribution in [3.63, 3.8) is 0 Å². The van der Waals surface area contributed by atoms with E-state index >= 15 is 0 Å². The molecule has 0 aromatic heterocycles. The third kappa shape index (κ3) is 5.26. The van der Waals surface area contributed by atoms with E-state index in [2.05, 4.69) is 0 Å². The summed E-state index contributed by atoms with van der Waals surface area (Å²) in [7, 11) is 0. The van der Waals surface area contributed by atoms with Crippen LogP contribution >= 0.6 is 0 Å². The van der Waals surface area contributed by atoms with Crippen molar-refractivity contribution in [1.29, 1.82) is 0 Å². The number of hydrogen-bond acceptors (Lipinski definition) is 3. The Labute approximate surface area is 154 Å². The molecule has 0 fully saturated rings. The first kappa shape index (κ1) is 20.4. The molecule has 2 aromatic carbocycles. The zero-order valence-corrected chi connectivity index (χ0v) is 14.7. The van der Waals surface area contributed by atoms with Crippen molar-refractivity contribution in [2.45, 2.75) is 32.5 Å². The van der Waals surface area contributed by atoms with E-state index in [1.54, 1.807) is 0 Å². The predicted molar refractivity (Wildman–Crippen MR) is 95.8 cm³/mol. The van der Waals surface area contributed by atoms with Gasteiger partial charge in [0.25, 0.3) is 0 Å². The van der Waals surface area contributed by atoms with Gasteiger partial charge >= 0.3 is 12.1 Å². The van der Waals surface area contributed by atoms with Gasteiger partial charge in [0.1, 0.15) is 17.1 Å². The van der Waals surface area contributed by atoms with Gasteiger partial charge in [0.05, 0.1) is 11.7 Å². The molecule has 27 heavy (non-hydrogen) atoms. The summed E-state index contributed by atoms with van der Waals surface area (Å²) in [5, 5.41) is 19.4. The lowest BCUT2D eigenvalue weighted by atomic mass is 10.0. The van der Waals surface area contributed by atoms with Gasteiger partial charge in [-0.25, -0.2) is 4.79 Å². The van der Waals surface area contributed by atoms with Crippen LogP contribution in [0.15, 0.2) is 36.4 Å². The van der Waals surface area contributed by atoms with Crippen molar-refractivity contribution < 1.29 is 32.9 Å². The Morgan fingerprint density at radius 1 is 1.19 bits per heavy atom. The van der Waals surface area contributed by atoms with Crippen LogP contribution in [0.2, 0.25) is 0 Å². The van der Waals surface area contributed by atoms with Crippen LogP contribution in [-0.4, -0.2) is 22.3 Å². The highest BCUT2D eigenvalue weighted by molar-refractivity contribution is 5.96. The van der Waals surface area contributed by atoms with Crippen LogP contribution in [0.4, 0.5) is 13.2 Å². The van der Waals surface area contributed by atoms with E-state index in [9.17, 15) is 28.2 Å². The number of hydrogen-bond donors (Lipinski definition) is 2. The van der Waals surface area contributed by atoms with Gasteiger partial charge in [-0.1, -0.05) is 31.2 Å². The maximum atomic E-state index is 12.6. The Hall–Kier alpha value is -2.96. The molecule has 0 spiro atoms. The average Bonchev–Trinajstić information content (AvgIpc) is 2.58. The van der Waals surface area contributed by atoms with E-state index in [1.807, 2.05) is 13.8 Å². The van der Waals surface area contributed by atoms with E-state index in [0.29, 0.717) is 11.3 Å². The van der Waals surface area contributed by atoms with E-state index in [0.717, 1.165) is 18.6 Å². The fourth-order valence-electron chi connectivity index (χ4n) is 2.34. The highest BCUT2D eigenvalue weighted by Crippen LogP contribution is 2.31. The molecule has 144 valence electrons. The Bertz CT molecular complexity index is 840. The summed E-state index contributed by atoms with van der Waals surface area (Å²) in [5.41, 5.74) is -0.449. The summed E-state index contributed by atoms with van der Waals surface area (Å²) in [5.74, 6) is -1.47. The highest BCUT2D eigenvalue weighted by Gasteiger charge is 2.29. The second kappa shape index (κ2) is 8.16. The third-order valence-electron chi connectivity index (χ3n) is 3.94. The number of phenols is 1. The number of ether oxygens (including phenoxy) is 1. The Morgan fingerprint density at radius 3 is 2.33 bits per heavy atom. The lowest BCUT2D eigenvalue weighted by molar-refractivity contribution is -0.137. The standard InChI is InChI=1S/C20H19F3O4/c1-3-12(2)27-16-10-14(18(19(25)26)17(24)11-16)7-4-13-5-8-15(9-6-13)20(21,22)23/h4-12,24H,3H2,1-2H3,(H,25,26). The lowest BCUT2D eigenvalue weighted by Gasteiger charge is -2.15. The monoisotopic (exact) mass is 380 g/mol. The van der Waals surface area contributed by atoms with Gasteiger partial charge in [0, 0.05) is 6.07 Å². The minimum absolute atomic E-state index is 0.133. The smallest absolute Gasteiger partial charge is 0.416 e. The van der Waals surface area contributed by atoms with Gasteiger partial charge < -0.3 is 14.9 Å². The van der Waals surface area contributed by atoms with Gasteiger partial charge in [-0.05, 0) is 42.7 Å². The fourth-order valence-corrected chi connectivity index (χ4v) is 2.34. The molecule has 0 aliphatic rings. The molecule has 0 aliphatic heterocycles. The normalized spacial score (nSPS) is 12.9. The average molecular weight is 380 g/mol. The number of carboxylic acid groups (broad SMARTS) is 1. The minimum atomic E-state index is -4.42. The first-order valence-corrected chi connectivity index (χ1v) is 8.24. The second-order valence-corrected chi connectivity index (χ2v) is 6.00. The molecule has 0 radical (unpaired) electrons. The summed E-state index contributed by atoms with van der Waals surface area (Å²) in [6.07, 6.45) is -0.958. The molecule has 4 nitrogen and oxygen atoms in total. The van der Waals surface area contributed by atoms with Gasteiger partial charge in [0.15, 0.2) is 0 Å². The molecule has 0 bridgehead atoms. The molecule has 0 aliphatic carbocycles. The lowest BCUT2D eigenvalue weighted by Crippen LogP contribution is -2.10. The van der Waals surface area contributed by atoms with Crippen LogP contribution in [0.1, 0.15) is 47.3 Å². The molecule has 0 saturated heterocycles. The van der Waals surface area contributed by atoms with Crippen LogP contribution in [0.25, 0.3) is 12.2 Å². The summed E-state index contributed by atoms with van der Waals surface area (Å²) in [4.78, 5) is 11.4. The summed E-state index contributed by atoms with van der Waals surface area (Å²) >= 11 is 0. The molecular formula is C20H19F3O4. The summed E-state index contributed by atoms with van der Waals surface area (Å²) in [6, 6.07) is 7.13. The maximum absolute atomic E-state index is 12.6. The van der Waals surface area contributed by atoms with Gasteiger partial charge in [-0.2, -0.15) is 13.2 Å². The van der Waals surface area contributed by atoms with Gasteiger partial charge in [-0.3, -0.25) is 0 Å². The SMILES string of the molecule is CCC(C)Oc1cc(O)c(C(=O)O)c(C=Cc2ccc(C(F)(F)F)cc2)c1. The number of aromatic carboxylic acids is 1. The third-order valence-corrected chi connectivity index (χ3v) is 3.94. The van der Waals surface area contributed by atoms with E-state index in [1.165, 1.54) is 36.4 Å². The number of carbonyl (C=O) groups is 1.